The van der Waals surface area contributed by atoms with Gasteiger partial charge in [0.2, 0.25) is 0 Å². The van der Waals surface area contributed by atoms with Gasteiger partial charge >= 0.3 is 5.97 Å². The quantitative estimate of drug-likeness (QED) is 0.232. The Labute approximate surface area is 182 Å². The van der Waals surface area contributed by atoms with Gasteiger partial charge in [-0.1, -0.05) is 26.7 Å². The summed E-state index contributed by atoms with van der Waals surface area (Å²) < 4.78 is 10.8. The number of nitrogens with one attached hydrogen (secondary N) is 2. The number of nitrogens with zero attached hydrogens (tertiary/aromatic N) is 2. The van der Waals surface area contributed by atoms with E-state index in [0.29, 0.717) is 17.9 Å². The van der Waals surface area contributed by atoms with Crippen molar-refractivity contribution in [2.24, 2.45) is 10.9 Å². The molecule has 0 radical (unpaired) electrons. The Morgan fingerprint density at radius 3 is 2.26 bits per heavy atom. The summed E-state index contributed by atoms with van der Waals surface area (Å²) >= 11 is 0. The molecule has 0 bridgehead atoms. The third-order valence-corrected chi connectivity index (χ3v) is 4.63. The maximum atomic E-state index is 11.9. The van der Waals surface area contributed by atoms with Crippen molar-refractivity contribution >= 4 is 35.9 Å². The standard InChI is InChI=1S/C19H38N4O3.HI/c1-7-15(8-2)16(23-9-11-25-12-10-23)13-21-18(20-6)22-14-17(24)26-19(3,4)5;/h15-16H,7-14H2,1-6H3,(H2,20,21,22);1H. The number of halogens is 1. The van der Waals surface area contributed by atoms with Crippen LogP contribution in [0.3, 0.4) is 0 Å². The van der Waals surface area contributed by atoms with Crippen LogP contribution in [0.25, 0.3) is 0 Å². The summed E-state index contributed by atoms with van der Waals surface area (Å²) in [6.45, 7) is 14.5. The molecule has 160 valence electrons. The SMILES string of the molecule is CCC(CC)C(CNC(=NC)NCC(=O)OC(C)(C)C)N1CCOCC1.I. The third-order valence-electron chi connectivity index (χ3n) is 4.63. The fourth-order valence-electron chi connectivity index (χ4n) is 3.29. The average molecular weight is 498 g/mol. The molecule has 0 aromatic carbocycles. The van der Waals surface area contributed by atoms with Crippen molar-refractivity contribution in [1.29, 1.82) is 0 Å². The molecule has 8 heteroatoms. The normalized spacial score (nSPS) is 17.2. The molecule has 2 N–H and O–H groups in total. The van der Waals surface area contributed by atoms with E-state index in [-0.39, 0.29) is 36.5 Å². The monoisotopic (exact) mass is 498 g/mol. The lowest BCUT2D eigenvalue weighted by Gasteiger charge is -2.39. The Morgan fingerprint density at radius 1 is 1.19 bits per heavy atom. The summed E-state index contributed by atoms with van der Waals surface area (Å²) in [6, 6.07) is 0.425. The Balaban J connectivity index is 0.00000676. The summed E-state index contributed by atoms with van der Waals surface area (Å²) in [4.78, 5) is 18.6. The van der Waals surface area contributed by atoms with Crippen molar-refractivity contribution in [3.8, 4) is 0 Å². The van der Waals surface area contributed by atoms with E-state index in [4.69, 9.17) is 9.47 Å². The van der Waals surface area contributed by atoms with E-state index in [9.17, 15) is 4.79 Å². The number of esters is 1. The van der Waals surface area contributed by atoms with Gasteiger partial charge in [0.05, 0.1) is 13.2 Å². The second-order valence-electron chi connectivity index (χ2n) is 7.69. The smallest absolute Gasteiger partial charge is 0.325 e. The maximum absolute atomic E-state index is 11.9. The van der Waals surface area contributed by atoms with Crippen LogP contribution >= 0.6 is 24.0 Å². The molecule has 1 fully saturated rings. The highest BCUT2D eigenvalue weighted by molar-refractivity contribution is 14.0. The van der Waals surface area contributed by atoms with Crippen LogP contribution in [0, 0.1) is 5.92 Å². The minimum atomic E-state index is -0.480. The van der Waals surface area contributed by atoms with E-state index in [2.05, 4.69) is 34.4 Å². The van der Waals surface area contributed by atoms with Crippen molar-refractivity contribution in [2.45, 2.75) is 59.1 Å². The van der Waals surface area contributed by atoms with E-state index < -0.39 is 5.60 Å². The fourth-order valence-corrected chi connectivity index (χ4v) is 3.29. The van der Waals surface area contributed by atoms with Crippen molar-refractivity contribution in [3.63, 3.8) is 0 Å². The van der Waals surface area contributed by atoms with Crippen molar-refractivity contribution in [2.75, 3.05) is 46.4 Å². The van der Waals surface area contributed by atoms with Crippen LogP contribution in [0.5, 0.6) is 0 Å². The Kier molecular flexibility index (Phi) is 13.2. The zero-order valence-electron chi connectivity index (χ0n) is 17.8. The second kappa shape index (κ2) is 13.5. The van der Waals surface area contributed by atoms with Gasteiger partial charge in [-0.25, -0.2) is 0 Å². The Morgan fingerprint density at radius 2 is 1.78 bits per heavy atom. The fraction of sp³-hybridized carbons (Fsp3) is 0.895. The lowest BCUT2D eigenvalue weighted by atomic mass is 9.92. The summed E-state index contributed by atoms with van der Waals surface area (Å²) in [5.74, 6) is 0.954. The van der Waals surface area contributed by atoms with E-state index in [1.807, 2.05) is 20.8 Å². The van der Waals surface area contributed by atoms with Crippen molar-refractivity contribution < 1.29 is 14.3 Å². The number of guanidine groups is 1. The highest BCUT2D eigenvalue weighted by atomic mass is 127. The number of hydrogen-bond donors (Lipinski definition) is 2. The molecule has 7 nitrogen and oxygen atoms in total. The van der Waals surface area contributed by atoms with E-state index in [0.717, 1.165) is 45.7 Å². The Bertz CT molecular complexity index is 445. The predicted octanol–water partition coefficient (Wildman–Crippen LogP) is 2.25. The van der Waals surface area contributed by atoms with Gasteiger partial charge < -0.3 is 20.1 Å². The van der Waals surface area contributed by atoms with Gasteiger partial charge in [0.25, 0.3) is 0 Å². The lowest BCUT2D eigenvalue weighted by molar-refractivity contribution is -0.153. The molecule has 0 aromatic heterocycles. The van der Waals surface area contributed by atoms with Crippen LogP contribution in [-0.2, 0) is 14.3 Å². The lowest BCUT2D eigenvalue weighted by Crippen LogP contribution is -2.53. The van der Waals surface area contributed by atoms with Crippen molar-refractivity contribution in [1.82, 2.24) is 15.5 Å². The molecule has 1 rings (SSSR count). The summed E-state index contributed by atoms with van der Waals surface area (Å²) in [5.41, 5.74) is -0.480. The van der Waals surface area contributed by atoms with Gasteiger partial charge in [0.15, 0.2) is 5.96 Å². The molecule has 1 heterocycles. The van der Waals surface area contributed by atoms with Crippen LogP contribution < -0.4 is 10.6 Å². The number of hydrogen-bond acceptors (Lipinski definition) is 5. The molecule has 0 aromatic rings. The van der Waals surface area contributed by atoms with Crippen LogP contribution in [0.15, 0.2) is 4.99 Å². The first kappa shape index (κ1) is 26.4. The van der Waals surface area contributed by atoms with Crippen LogP contribution in [0.4, 0.5) is 0 Å². The van der Waals surface area contributed by atoms with E-state index in [1.165, 1.54) is 0 Å². The largest absolute Gasteiger partial charge is 0.459 e. The number of carbonyl (C=O) groups is 1. The second-order valence-corrected chi connectivity index (χ2v) is 7.69. The molecule has 0 aliphatic carbocycles. The molecule has 1 unspecified atom stereocenters. The summed E-state index contributed by atoms with van der Waals surface area (Å²) in [7, 11) is 1.71. The average Bonchev–Trinajstić information content (AvgIpc) is 2.60. The third kappa shape index (κ3) is 10.5. The van der Waals surface area contributed by atoms with Gasteiger partial charge in [-0.2, -0.15) is 0 Å². The van der Waals surface area contributed by atoms with Crippen LogP contribution in [0.2, 0.25) is 0 Å². The van der Waals surface area contributed by atoms with Gasteiger partial charge in [-0.05, 0) is 26.7 Å². The molecule has 1 atom stereocenters. The summed E-state index contributed by atoms with van der Waals surface area (Å²) in [6.07, 6.45) is 2.29. The molecular weight excluding hydrogens is 459 g/mol. The predicted molar refractivity (Wildman–Crippen MR) is 121 cm³/mol. The van der Waals surface area contributed by atoms with E-state index >= 15 is 0 Å². The molecule has 0 amide bonds. The number of aliphatic imine (C=N–C) groups is 1. The highest BCUT2D eigenvalue weighted by Gasteiger charge is 2.27. The molecule has 1 aliphatic rings. The van der Waals surface area contributed by atoms with Gasteiger partial charge in [-0.15, -0.1) is 24.0 Å². The Hall–Kier alpha value is -0.610. The van der Waals surface area contributed by atoms with Crippen LogP contribution in [0.1, 0.15) is 47.5 Å². The maximum Gasteiger partial charge on any atom is 0.325 e. The number of rotatable bonds is 8. The van der Waals surface area contributed by atoms with Gasteiger partial charge in [0, 0.05) is 32.7 Å². The highest BCUT2D eigenvalue weighted by Crippen LogP contribution is 2.19. The first-order chi connectivity index (χ1) is 12.3. The molecule has 27 heavy (non-hydrogen) atoms. The molecular formula is C19H39IN4O3. The molecule has 0 spiro atoms. The van der Waals surface area contributed by atoms with E-state index in [1.54, 1.807) is 7.05 Å². The van der Waals surface area contributed by atoms with Gasteiger partial charge in [0.1, 0.15) is 12.1 Å². The number of carbonyl (C=O) groups excluding carboxylic acids is 1. The number of ether oxygens (including phenoxy) is 2. The number of morpholine rings is 1. The van der Waals surface area contributed by atoms with Crippen LogP contribution in [-0.4, -0.2) is 74.9 Å². The molecule has 1 saturated heterocycles. The first-order valence-electron chi connectivity index (χ1n) is 9.78. The topological polar surface area (TPSA) is 75.2 Å². The molecule has 0 saturated carbocycles. The zero-order chi connectivity index (χ0) is 19.6. The van der Waals surface area contributed by atoms with Crippen molar-refractivity contribution in [3.05, 3.63) is 0 Å². The molecule has 1 aliphatic heterocycles. The first-order valence-corrected chi connectivity index (χ1v) is 9.78. The summed E-state index contributed by atoms with van der Waals surface area (Å²) in [5, 5.41) is 6.43. The zero-order valence-corrected chi connectivity index (χ0v) is 20.2. The minimum Gasteiger partial charge on any atom is -0.459 e. The minimum absolute atomic E-state index is 0. The van der Waals surface area contributed by atoms with Gasteiger partial charge in [-0.3, -0.25) is 14.7 Å².